The van der Waals surface area contributed by atoms with Crippen molar-refractivity contribution in [3.05, 3.63) is 208 Å². The van der Waals surface area contributed by atoms with Gasteiger partial charge in [-0.1, -0.05) is 126 Å². The van der Waals surface area contributed by atoms with E-state index in [1.807, 2.05) is 6.20 Å². The van der Waals surface area contributed by atoms with Crippen LogP contribution in [-0.4, -0.2) is 9.97 Å². The molecule has 1 heterocycles. The lowest BCUT2D eigenvalue weighted by molar-refractivity contribution is 0.928. The van der Waals surface area contributed by atoms with Gasteiger partial charge < -0.3 is 0 Å². The average molecular weight is 700 g/mol. The van der Waals surface area contributed by atoms with Crippen molar-refractivity contribution in [3.63, 3.8) is 0 Å². The summed E-state index contributed by atoms with van der Waals surface area (Å²) in [7, 11) is 0. The van der Waals surface area contributed by atoms with Gasteiger partial charge in [-0.2, -0.15) is 0 Å². The first-order valence-corrected chi connectivity index (χ1v) is 18.8. The van der Waals surface area contributed by atoms with Crippen molar-refractivity contribution in [2.45, 2.75) is 47.5 Å². The second-order valence-corrected chi connectivity index (χ2v) is 14.7. The Bertz CT molecular complexity index is 2450. The first-order valence-electron chi connectivity index (χ1n) is 18.8. The van der Waals surface area contributed by atoms with Gasteiger partial charge in [-0.3, -0.25) is 9.88 Å². The van der Waals surface area contributed by atoms with Gasteiger partial charge in [-0.15, -0.1) is 0 Å². The predicted octanol–water partition coefficient (Wildman–Crippen LogP) is 13.5. The van der Waals surface area contributed by atoms with E-state index in [0.717, 1.165) is 44.8 Å². The van der Waals surface area contributed by atoms with Gasteiger partial charge in [0.2, 0.25) is 0 Å². The van der Waals surface area contributed by atoms with Crippen molar-refractivity contribution in [1.82, 2.24) is 9.97 Å². The molecule has 0 aliphatic rings. The van der Waals surface area contributed by atoms with Crippen molar-refractivity contribution in [2.24, 2.45) is 0 Å². The van der Waals surface area contributed by atoms with Gasteiger partial charge in [0.25, 0.3) is 0 Å². The Balaban J connectivity index is 1.41. The highest BCUT2D eigenvalue weighted by molar-refractivity contribution is 6.01. The highest BCUT2D eigenvalue weighted by atomic mass is 15.2. The van der Waals surface area contributed by atoms with E-state index < -0.39 is 0 Å². The summed E-state index contributed by atoms with van der Waals surface area (Å²) in [6.07, 6.45) is 5.38. The molecule has 0 N–H and O–H groups in total. The van der Waals surface area contributed by atoms with Gasteiger partial charge in [-0.25, -0.2) is 4.98 Å². The molecule has 0 fully saturated rings. The van der Waals surface area contributed by atoms with E-state index in [2.05, 4.69) is 191 Å². The minimum Gasteiger partial charge on any atom is -0.293 e. The van der Waals surface area contributed by atoms with E-state index in [0.29, 0.717) is 0 Å². The number of fused-ring (bicyclic) bond motifs is 1. The van der Waals surface area contributed by atoms with Gasteiger partial charge in [0.05, 0.1) is 11.9 Å². The lowest BCUT2D eigenvalue weighted by atomic mass is 9.75. The quantitative estimate of drug-likeness (QED) is 0.148. The minimum absolute atomic E-state index is 0.0428. The molecular weight excluding hydrogens is 655 g/mol. The molecule has 8 aromatic rings. The molecule has 0 atom stereocenters. The highest BCUT2D eigenvalue weighted by Crippen LogP contribution is 2.47. The number of benzene rings is 7. The summed E-state index contributed by atoms with van der Waals surface area (Å²) in [6, 6.07) is 51.0. The molecule has 3 nitrogen and oxygen atoms in total. The number of anilines is 3. The third kappa shape index (κ3) is 6.58. The molecule has 0 amide bonds. The lowest BCUT2D eigenvalue weighted by Crippen LogP contribution is -2.15. The molecule has 54 heavy (non-hydrogen) atoms. The largest absolute Gasteiger partial charge is 0.293 e. The Morgan fingerprint density at radius 3 is 1.46 bits per heavy atom. The first kappa shape index (κ1) is 34.7. The Kier molecular flexibility index (Phi) is 9.40. The smallest absolute Gasteiger partial charge is 0.156 e. The molecule has 1 aromatic heterocycles. The molecule has 0 saturated heterocycles. The molecule has 0 saturated carbocycles. The van der Waals surface area contributed by atoms with Crippen LogP contribution < -0.4 is 4.90 Å². The summed E-state index contributed by atoms with van der Waals surface area (Å²) in [4.78, 5) is 11.8. The summed E-state index contributed by atoms with van der Waals surface area (Å²) in [6.45, 7) is 13.5. The fourth-order valence-corrected chi connectivity index (χ4v) is 8.64. The second kappa shape index (κ2) is 14.6. The predicted molar refractivity (Wildman–Crippen MR) is 227 cm³/mol. The zero-order valence-electron chi connectivity index (χ0n) is 31.9. The molecule has 0 radical (unpaired) electrons. The number of aryl methyl sites for hydroxylation is 6. The van der Waals surface area contributed by atoms with Crippen LogP contribution in [0, 0.1) is 41.5 Å². The third-order valence-corrected chi connectivity index (χ3v) is 10.7. The Labute approximate surface area is 319 Å². The van der Waals surface area contributed by atoms with Gasteiger partial charge in [0.15, 0.2) is 5.82 Å². The van der Waals surface area contributed by atoms with E-state index in [9.17, 15) is 0 Å². The van der Waals surface area contributed by atoms with Gasteiger partial charge in [0.1, 0.15) is 0 Å². The standard InChI is InChI=1S/C51H45N3/c1-33-25-35(3)49(36(4)26-33)51(50-37(5)27-34(2)28-38(50)6)46-21-22-47(45-20-14-13-19-44(45)46)54(48-32-52-23-24-53-48)43-30-41(39-15-9-7-10-16-39)29-42(31-43)40-17-11-8-12-18-40/h7-32,51H,1-6H3. The third-order valence-electron chi connectivity index (χ3n) is 10.7. The summed E-state index contributed by atoms with van der Waals surface area (Å²) >= 11 is 0. The molecule has 8 rings (SSSR count). The maximum Gasteiger partial charge on any atom is 0.156 e. The number of rotatable bonds is 8. The van der Waals surface area contributed by atoms with E-state index in [-0.39, 0.29) is 5.92 Å². The monoisotopic (exact) mass is 699 g/mol. The summed E-state index contributed by atoms with van der Waals surface area (Å²) in [5.41, 5.74) is 18.5. The molecule has 7 aromatic carbocycles. The summed E-state index contributed by atoms with van der Waals surface area (Å²) < 4.78 is 0. The zero-order valence-corrected chi connectivity index (χ0v) is 31.9. The second-order valence-electron chi connectivity index (χ2n) is 14.7. The van der Waals surface area contributed by atoms with E-state index >= 15 is 0 Å². The number of hydrogen-bond acceptors (Lipinski definition) is 3. The van der Waals surface area contributed by atoms with Crippen LogP contribution in [0.3, 0.4) is 0 Å². The van der Waals surface area contributed by atoms with Crippen LogP contribution in [0.5, 0.6) is 0 Å². The van der Waals surface area contributed by atoms with Crippen molar-refractivity contribution < 1.29 is 0 Å². The molecule has 3 heteroatoms. The van der Waals surface area contributed by atoms with Crippen molar-refractivity contribution in [3.8, 4) is 22.3 Å². The van der Waals surface area contributed by atoms with Crippen LogP contribution >= 0.6 is 0 Å². The minimum atomic E-state index is 0.0428. The summed E-state index contributed by atoms with van der Waals surface area (Å²) in [5, 5.41) is 2.37. The fraction of sp³-hybridized carbons (Fsp3) is 0.137. The zero-order chi connectivity index (χ0) is 37.3. The van der Waals surface area contributed by atoms with Crippen molar-refractivity contribution >= 4 is 28.0 Å². The number of aromatic nitrogens is 2. The van der Waals surface area contributed by atoms with Crippen LogP contribution in [0.25, 0.3) is 33.0 Å². The SMILES string of the molecule is Cc1cc(C)c(C(c2c(C)cc(C)cc2C)c2ccc(N(c3cc(-c4ccccc4)cc(-c4ccccc4)c3)c3cnccn3)c3ccccc23)c(C)c1. The maximum absolute atomic E-state index is 4.92. The molecule has 0 bridgehead atoms. The maximum atomic E-state index is 4.92. The first-order chi connectivity index (χ1) is 26.3. The highest BCUT2D eigenvalue weighted by Gasteiger charge is 2.28. The number of hydrogen-bond donors (Lipinski definition) is 0. The molecule has 0 spiro atoms. The van der Waals surface area contributed by atoms with Crippen molar-refractivity contribution in [1.29, 1.82) is 0 Å². The van der Waals surface area contributed by atoms with E-state index in [4.69, 9.17) is 4.98 Å². The Morgan fingerprint density at radius 1 is 0.463 bits per heavy atom. The van der Waals surface area contributed by atoms with Gasteiger partial charge >= 0.3 is 0 Å². The lowest BCUT2D eigenvalue weighted by Gasteiger charge is -2.30. The fourth-order valence-electron chi connectivity index (χ4n) is 8.64. The van der Waals surface area contributed by atoms with Crippen molar-refractivity contribution in [2.75, 3.05) is 4.90 Å². The Morgan fingerprint density at radius 2 is 0.963 bits per heavy atom. The summed E-state index contributed by atoms with van der Waals surface area (Å²) in [5.74, 6) is 0.799. The molecule has 0 unspecified atom stereocenters. The van der Waals surface area contributed by atoms with Gasteiger partial charge in [-0.05, 0) is 132 Å². The number of nitrogens with zero attached hydrogens (tertiary/aromatic N) is 3. The Hall–Kier alpha value is -6.32. The molecule has 264 valence electrons. The topological polar surface area (TPSA) is 29.0 Å². The van der Waals surface area contributed by atoms with Crippen LogP contribution in [0.2, 0.25) is 0 Å². The molecule has 0 aliphatic heterocycles. The molecule has 0 aliphatic carbocycles. The normalized spacial score (nSPS) is 11.3. The van der Waals surface area contributed by atoms with Gasteiger partial charge in [0, 0.05) is 29.4 Å². The van der Waals surface area contributed by atoms with Crippen LogP contribution in [-0.2, 0) is 0 Å². The average Bonchev–Trinajstić information content (AvgIpc) is 3.18. The van der Waals surface area contributed by atoms with Crippen LogP contribution in [0.1, 0.15) is 56.0 Å². The molecular formula is C51H45N3. The van der Waals surface area contributed by atoms with Crippen LogP contribution in [0.15, 0.2) is 158 Å². The van der Waals surface area contributed by atoms with E-state index in [1.54, 1.807) is 12.4 Å². The van der Waals surface area contributed by atoms with Crippen LogP contribution in [0.4, 0.5) is 17.2 Å². The van der Waals surface area contributed by atoms with E-state index in [1.165, 1.54) is 55.5 Å².